The third-order valence-corrected chi connectivity index (χ3v) is 4.82. The van der Waals surface area contributed by atoms with Crippen molar-refractivity contribution in [1.82, 2.24) is 0 Å². The van der Waals surface area contributed by atoms with Gasteiger partial charge in [0, 0.05) is 11.8 Å². The quantitative estimate of drug-likeness (QED) is 0.863. The second-order valence-corrected chi connectivity index (χ2v) is 6.62. The average Bonchev–Trinajstić information content (AvgIpc) is 3.49. The molecule has 2 fully saturated rings. The molecule has 2 saturated carbocycles. The standard InChI is InChI=1S/2C10H9FO2/c2*11-9-4-2-1-3-6(9)7-5-8(7)10(12)13/h2*1-4,7-8H,5H2,(H,12,13)/t2*7-,8+/m10/s1. The van der Waals surface area contributed by atoms with Gasteiger partial charge in [-0.15, -0.1) is 0 Å². The summed E-state index contributed by atoms with van der Waals surface area (Å²) in [5.41, 5.74) is 1.07. The number of hydrogen-bond donors (Lipinski definition) is 2. The van der Waals surface area contributed by atoms with Crippen molar-refractivity contribution in [2.75, 3.05) is 0 Å². The largest absolute Gasteiger partial charge is 0.481 e. The molecule has 0 bridgehead atoms. The van der Waals surface area contributed by atoms with Crippen molar-refractivity contribution in [3.05, 3.63) is 71.3 Å². The van der Waals surface area contributed by atoms with Gasteiger partial charge in [-0.1, -0.05) is 36.4 Å². The first kappa shape index (κ1) is 18.0. The summed E-state index contributed by atoms with van der Waals surface area (Å²) in [6, 6.07) is 12.7. The summed E-state index contributed by atoms with van der Waals surface area (Å²) in [5, 5.41) is 17.3. The normalized spacial score (nSPS) is 25.6. The van der Waals surface area contributed by atoms with E-state index in [1.165, 1.54) is 12.1 Å². The van der Waals surface area contributed by atoms with E-state index in [0.29, 0.717) is 24.0 Å². The zero-order valence-corrected chi connectivity index (χ0v) is 13.8. The highest BCUT2D eigenvalue weighted by Gasteiger charge is 2.45. The summed E-state index contributed by atoms with van der Waals surface area (Å²) >= 11 is 0. The highest BCUT2D eigenvalue weighted by Crippen LogP contribution is 2.48. The van der Waals surface area contributed by atoms with Gasteiger partial charge < -0.3 is 10.2 Å². The van der Waals surface area contributed by atoms with Gasteiger partial charge >= 0.3 is 11.9 Å². The molecule has 0 heterocycles. The maximum atomic E-state index is 13.1. The lowest BCUT2D eigenvalue weighted by Gasteiger charge is -1.99. The van der Waals surface area contributed by atoms with Crippen LogP contribution in [0.4, 0.5) is 8.78 Å². The number of rotatable bonds is 4. The molecule has 2 aliphatic rings. The van der Waals surface area contributed by atoms with Crippen LogP contribution in [0.5, 0.6) is 0 Å². The lowest BCUT2D eigenvalue weighted by Crippen LogP contribution is -1.99. The molecule has 0 aromatic heterocycles. The predicted molar refractivity (Wildman–Crippen MR) is 89.8 cm³/mol. The number of aliphatic carboxylic acids is 2. The van der Waals surface area contributed by atoms with E-state index in [1.54, 1.807) is 36.4 Å². The van der Waals surface area contributed by atoms with Gasteiger partial charge in [0.2, 0.25) is 0 Å². The van der Waals surface area contributed by atoms with Crippen LogP contribution in [0, 0.1) is 23.5 Å². The zero-order chi connectivity index (χ0) is 18.8. The summed E-state index contributed by atoms with van der Waals surface area (Å²) < 4.78 is 26.2. The fourth-order valence-corrected chi connectivity index (χ4v) is 3.17. The molecular formula is C20H18F2O4. The molecule has 4 atom stereocenters. The number of benzene rings is 2. The molecule has 0 radical (unpaired) electrons. The van der Waals surface area contributed by atoms with Crippen LogP contribution in [-0.2, 0) is 9.59 Å². The monoisotopic (exact) mass is 360 g/mol. The maximum absolute atomic E-state index is 13.1. The third-order valence-electron chi connectivity index (χ3n) is 4.82. The third kappa shape index (κ3) is 3.90. The van der Waals surface area contributed by atoms with Crippen molar-refractivity contribution in [2.24, 2.45) is 11.8 Å². The molecule has 0 aliphatic heterocycles. The van der Waals surface area contributed by atoms with E-state index < -0.39 is 11.9 Å². The van der Waals surface area contributed by atoms with Crippen molar-refractivity contribution < 1.29 is 28.6 Å². The molecule has 0 unspecified atom stereocenters. The molecule has 6 heteroatoms. The second kappa shape index (κ2) is 7.23. The molecule has 136 valence electrons. The Morgan fingerprint density at radius 1 is 0.731 bits per heavy atom. The number of carboxylic acids is 2. The van der Waals surface area contributed by atoms with Gasteiger partial charge in [0.15, 0.2) is 0 Å². The van der Waals surface area contributed by atoms with E-state index in [4.69, 9.17) is 10.2 Å². The van der Waals surface area contributed by atoms with Gasteiger partial charge in [0.25, 0.3) is 0 Å². The van der Waals surface area contributed by atoms with Crippen LogP contribution in [0.25, 0.3) is 0 Å². The fraction of sp³-hybridized carbons (Fsp3) is 0.300. The highest BCUT2D eigenvalue weighted by molar-refractivity contribution is 5.75. The minimum atomic E-state index is -0.826. The van der Waals surface area contributed by atoms with E-state index in [2.05, 4.69) is 0 Å². The zero-order valence-electron chi connectivity index (χ0n) is 13.8. The van der Waals surface area contributed by atoms with Gasteiger partial charge in [-0.2, -0.15) is 0 Å². The number of halogens is 2. The smallest absolute Gasteiger partial charge is 0.307 e. The summed E-state index contributed by atoms with van der Waals surface area (Å²) in [4.78, 5) is 21.1. The van der Waals surface area contributed by atoms with E-state index in [-0.39, 0.29) is 35.3 Å². The summed E-state index contributed by atoms with van der Waals surface area (Å²) in [6.45, 7) is 0. The van der Waals surface area contributed by atoms with Crippen molar-refractivity contribution in [2.45, 2.75) is 24.7 Å². The first-order valence-corrected chi connectivity index (χ1v) is 8.34. The van der Waals surface area contributed by atoms with Crippen molar-refractivity contribution >= 4 is 11.9 Å². The van der Waals surface area contributed by atoms with Gasteiger partial charge in [-0.25, -0.2) is 8.78 Å². The molecule has 2 aliphatic carbocycles. The highest BCUT2D eigenvalue weighted by atomic mass is 19.1. The van der Waals surface area contributed by atoms with Crippen LogP contribution < -0.4 is 0 Å². The first-order chi connectivity index (χ1) is 12.4. The van der Waals surface area contributed by atoms with Crippen LogP contribution in [0.2, 0.25) is 0 Å². The Bertz CT molecular complexity index is 767. The molecule has 0 saturated heterocycles. The maximum Gasteiger partial charge on any atom is 0.307 e. The average molecular weight is 360 g/mol. The Kier molecular flexibility index (Phi) is 5.02. The lowest BCUT2D eigenvalue weighted by molar-refractivity contribution is -0.139. The van der Waals surface area contributed by atoms with E-state index >= 15 is 0 Å². The lowest BCUT2D eigenvalue weighted by atomic mass is 10.1. The molecule has 4 rings (SSSR count). The first-order valence-electron chi connectivity index (χ1n) is 8.34. The van der Waals surface area contributed by atoms with E-state index in [1.807, 2.05) is 0 Å². The Labute approximate surface area is 149 Å². The summed E-state index contributed by atoms with van der Waals surface area (Å²) in [5.74, 6) is -3.22. The topological polar surface area (TPSA) is 74.6 Å². The predicted octanol–water partition coefficient (Wildman–Crippen LogP) is 4.03. The molecule has 0 amide bonds. The fourth-order valence-electron chi connectivity index (χ4n) is 3.17. The minimum Gasteiger partial charge on any atom is -0.481 e. The van der Waals surface area contributed by atoms with Crippen LogP contribution in [0.3, 0.4) is 0 Å². The van der Waals surface area contributed by atoms with Crippen LogP contribution in [-0.4, -0.2) is 22.2 Å². The van der Waals surface area contributed by atoms with Gasteiger partial charge in [-0.05, 0) is 36.1 Å². The molecule has 2 N–H and O–H groups in total. The van der Waals surface area contributed by atoms with Gasteiger partial charge in [0.05, 0.1) is 11.8 Å². The Morgan fingerprint density at radius 3 is 1.35 bits per heavy atom. The molecule has 26 heavy (non-hydrogen) atoms. The van der Waals surface area contributed by atoms with E-state index in [9.17, 15) is 18.4 Å². The summed E-state index contributed by atoms with van der Waals surface area (Å²) in [7, 11) is 0. The molecule has 2 aromatic carbocycles. The van der Waals surface area contributed by atoms with Crippen molar-refractivity contribution in [3.8, 4) is 0 Å². The minimum absolute atomic E-state index is 0.112. The van der Waals surface area contributed by atoms with Gasteiger partial charge in [0.1, 0.15) is 11.6 Å². The van der Waals surface area contributed by atoms with Crippen molar-refractivity contribution in [1.29, 1.82) is 0 Å². The Balaban J connectivity index is 0.000000151. The number of hydrogen-bond acceptors (Lipinski definition) is 2. The van der Waals surface area contributed by atoms with Crippen LogP contribution in [0.1, 0.15) is 35.8 Å². The molecule has 4 nitrogen and oxygen atoms in total. The van der Waals surface area contributed by atoms with Crippen molar-refractivity contribution in [3.63, 3.8) is 0 Å². The Hall–Kier alpha value is -2.76. The number of carbonyl (C=O) groups is 2. The Morgan fingerprint density at radius 2 is 1.08 bits per heavy atom. The van der Waals surface area contributed by atoms with Crippen LogP contribution >= 0.6 is 0 Å². The molecule has 0 spiro atoms. The van der Waals surface area contributed by atoms with E-state index in [0.717, 1.165) is 0 Å². The number of carboxylic acid groups (broad SMARTS) is 2. The van der Waals surface area contributed by atoms with Crippen LogP contribution in [0.15, 0.2) is 48.5 Å². The summed E-state index contributed by atoms with van der Waals surface area (Å²) in [6.07, 6.45) is 1.13. The van der Waals surface area contributed by atoms with Gasteiger partial charge in [-0.3, -0.25) is 9.59 Å². The SMILES string of the molecule is O=C(O)[C@@H]1C[C@H]1c1ccccc1F.O=C(O)[C@H]1C[C@@H]1c1ccccc1F. The molecular weight excluding hydrogens is 342 g/mol. The second-order valence-electron chi connectivity index (χ2n) is 6.62. The molecule has 2 aromatic rings.